The van der Waals surface area contributed by atoms with Gasteiger partial charge in [-0.1, -0.05) is 60.7 Å². The molecule has 0 amide bonds. The zero-order valence-electron chi connectivity index (χ0n) is 19.6. The molecular weight excluding hydrogens is 472 g/mol. The Kier molecular flexibility index (Phi) is 3.70. The molecule has 172 valence electrons. The topological polar surface area (TPSA) is 26.3 Å². The van der Waals surface area contributed by atoms with Gasteiger partial charge in [0.25, 0.3) is 0 Å². The average molecular weight is 491 g/mol. The predicted octanol–water partition coefficient (Wildman–Crippen LogP) is 10.7. The van der Waals surface area contributed by atoms with Gasteiger partial charge in [-0.2, -0.15) is 0 Å². The highest BCUT2D eigenvalue weighted by Crippen LogP contribution is 2.46. The van der Waals surface area contributed by atoms with Crippen LogP contribution in [-0.2, 0) is 0 Å². The van der Waals surface area contributed by atoms with Crippen LogP contribution in [0, 0.1) is 0 Å². The van der Waals surface area contributed by atoms with Crippen molar-refractivity contribution in [2.75, 3.05) is 0 Å². The molecule has 9 aromatic rings. The van der Waals surface area contributed by atoms with E-state index in [-0.39, 0.29) is 0 Å². The van der Waals surface area contributed by atoms with Crippen molar-refractivity contribution in [2.24, 2.45) is 0 Å². The SMILES string of the molecule is c1ccc2c(c1)oc1c2ccc2c(-c3cccc4c3sc3ccccc34)cc3cc4occc4cc3c21. The van der Waals surface area contributed by atoms with Gasteiger partial charge in [0.2, 0.25) is 0 Å². The molecule has 37 heavy (non-hydrogen) atoms. The van der Waals surface area contributed by atoms with Gasteiger partial charge in [-0.05, 0) is 64.2 Å². The number of hydrogen-bond acceptors (Lipinski definition) is 3. The minimum atomic E-state index is 0.898. The van der Waals surface area contributed by atoms with Crippen molar-refractivity contribution in [3.63, 3.8) is 0 Å². The van der Waals surface area contributed by atoms with Crippen LogP contribution in [0.4, 0.5) is 0 Å². The van der Waals surface area contributed by atoms with Crippen LogP contribution in [0.1, 0.15) is 0 Å². The van der Waals surface area contributed by atoms with Crippen LogP contribution in [0.2, 0.25) is 0 Å². The van der Waals surface area contributed by atoms with E-state index in [2.05, 4.69) is 91.0 Å². The largest absolute Gasteiger partial charge is 0.464 e. The van der Waals surface area contributed by atoms with E-state index in [9.17, 15) is 0 Å². The molecule has 0 aliphatic heterocycles. The second-order valence-electron chi connectivity index (χ2n) is 9.70. The van der Waals surface area contributed by atoms with Crippen LogP contribution in [0.3, 0.4) is 0 Å². The van der Waals surface area contributed by atoms with Crippen LogP contribution >= 0.6 is 11.3 Å². The van der Waals surface area contributed by atoms with E-state index < -0.39 is 0 Å². The summed E-state index contributed by atoms with van der Waals surface area (Å²) in [6.45, 7) is 0. The minimum absolute atomic E-state index is 0.898. The van der Waals surface area contributed by atoms with Crippen LogP contribution in [0.5, 0.6) is 0 Å². The average Bonchev–Trinajstić information content (AvgIpc) is 3.65. The second-order valence-corrected chi connectivity index (χ2v) is 10.8. The standard InChI is InChI=1S/C34H18O2S/c1-3-10-29-21(6-1)24-13-12-23-28(26-9-5-8-25-22-7-2-4-11-31(22)37-34(25)26)17-20-18-30-19(14-15-35-30)16-27(20)32(23)33(24)36-29/h1-18H. The first kappa shape index (κ1) is 19.6. The molecule has 0 saturated heterocycles. The molecule has 0 N–H and O–H groups in total. The highest BCUT2D eigenvalue weighted by Gasteiger charge is 2.19. The Morgan fingerprint density at radius 1 is 0.514 bits per heavy atom. The second kappa shape index (κ2) is 7.00. The Morgan fingerprint density at radius 2 is 1.35 bits per heavy atom. The van der Waals surface area contributed by atoms with Gasteiger partial charge >= 0.3 is 0 Å². The van der Waals surface area contributed by atoms with Crippen molar-refractivity contribution in [1.29, 1.82) is 0 Å². The number of para-hydroxylation sites is 1. The van der Waals surface area contributed by atoms with E-state index in [0.717, 1.165) is 43.7 Å². The fourth-order valence-electron chi connectivity index (χ4n) is 6.06. The van der Waals surface area contributed by atoms with Gasteiger partial charge in [-0.25, -0.2) is 0 Å². The zero-order valence-corrected chi connectivity index (χ0v) is 20.4. The van der Waals surface area contributed by atoms with Crippen molar-refractivity contribution >= 4 is 86.0 Å². The summed E-state index contributed by atoms with van der Waals surface area (Å²) in [5.74, 6) is 0. The molecule has 0 unspecified atom stereocenters. The van der Waals surface area contributed by atoms with E-state index in [1.54, 1.807) is 6.26 Å². The lowest BCUT2D eigenvalue weighted by atomic mass is 9.91. The molecule has 0 saturated carbocycles. The number of fused-ring (bicyclic) bond motifs is 11. The molecule has 0 fully saturated rings. The van der Waals surface area contributed by atoms with Crippen molar-refractivity contribution in [1.82, 2.24) is 0 Å². The third-order valence-electron chi connectivity index (χ3n) is 7.73. The van der Waals surface area contributed by atoms with Crippen molar-refractivity contribution in [3.8, 4) is 11.1 Å². The van der Waals surface area contributed by atoms with E-state index in [4.69, 9.17) is 8.83 Å². The lowest BCUT2D eigenvalue weighted by Gasteiger charge is -2.13. The first-order valence-electron chi connectivity index (χ1n) is 12.4. The molecule has 9 rings (SSSR count). The summed E-state index contributed by atoms with van der Waals surface area (Å²) < 4.78 is 15.0. The van der Waals surface area contributed by atoms with Gasteiger partial charge < -0.3 is 8.83 Å². The van der Waals surface area contributed by atoms with E-state index in [1.807, 2.05) is 23.5 Å². The Bertz CT molecular complexity index is 2360. The molecular formula is C34H18O2S. The lowest BCUT2D eigenvalue weighted by Crippen LogP contribution is -1.86. The smallest absolute Gasteiger partial charge is 0.143 e. The monoisotopic (exact) mass is 490 g/mol. The fourth-order valence-corrected chi connectivity index (χ4v) is 7.29. The summed E-state index contributed by atoms with van der Waals surface area (Å²) in [5.41, 5.74) is 5.22. The molecule has 2 nitrogen and oxygen atoms in total. The molecule has 0 aliphatic carbocycles. The highest BCUT2D eigenvalue weighted by molar-refractivity contribution is 7.26. The van der Waals surface area contributed by atoms with Gasteiger partial charge in [0.15, 0.2) is 0 Å². The van der Waals surface area contributed by atoms with E-state index >= 15 is 0 Å². The zero-order chi connectivity index (χ0) is 24.1. The lowest BCUT2D eigenvalue weighted by molar-refractivity contribution is 0.616. The van der Waals surface area contributed by atoms with E-state index in [0.29, 0.717) is 0 Å². The molecule has 0 spiro atoms. The molecule has 3 heterocycles. The Morgan fingerprint density at radius 3 is 2.32 bits per heavy atom. The number of furan rings is 2. The summed E-state index contributed by atoms with van der Waals surface area (Å²) in [6, 6.07) is 36.9. The number of benzene rings is 6. The van der Waals surface area contributed by atoms with Gasteiger partial charge in [0.1, 0.15) is 16.7 Å². The summed E-state index contributed by atoms with van der Waals surface area (Å²) in [5, 5.41) is 10.7. The highest BCUT2D eigenvalue weighted by atomic mass is 32.1. The normalized spacial score (nSPS) is 12.3. The third-order valence-corrected chi connectivity index (χ3v) is 8.95. The third kappa shape index (κ3) is 2.59. The van der Waals surface area contributed by atoms with Crippen LogP contribution < -0.4 is 0 Å². The Hall–Kier alpha value is -4.60. The maximum Gasteiger partial charge on any atom is 0.143 e. The number of thiophene rings is 1. The van der Waals surface area contributed by atoms with Gasteiger partial charge in [0.05, 0.1) is 6.26 Å². The molecule has 0 radical (unpaired) electrons. The van der Waals surface area contributed by atoms with Gasteiger partial charge in [-0.3, -0.25) is 0 Å². The summed E-state index contributed by atoms with van der Waals surface area (Å²) in [7, 11) is 0. The van der Waals surface area contributed by atoms with Gasteiger partial charge in [-0.15, -0.1) is 11.3 Å². The van der Waals surface area contributed by atoms with Crippen molar-refractivity contribution in [3.05, 3.63) is 109 Å². The maximum atomic E-state index is 6.57. The van der Waals surface area contributed by atoms with Crippen LogP contribution in [-0.4, -0.2) is 0 Å². The summed E-state index contributed by atoms with van der Waals surface area (Å²) in [4.78, 5) is 0. The molecule has 0 bridgehead atoms. The number of rotatable bonds is 1. The predicted molar refractivity (Wildman–Crippen MR) is 157 cm³/mol. The molecule has 0 aliphatic rings. The maximum absolute atomic E-state index is 6.57. The Labute approximate surface area is 214 Å². The summed E-state index contributed by atoms with van der Waals surface area (Å²) in [6.07, 6.45) is 1.77. The molecule has 3 heteroatoms. The first-order chi connectivity index (χ1) is 18.3. The fraction of sp³-hybridized carbons (Fsp3) is 0. The van der Waals surface area contributed by atoms with Gasteiger partial charge in [0, 0.05) is 47.3 Å². The molecule has 3 aromatic heterocycles. The first-order valence-corrected chi connectivity index (χ1v) is 13.2. The Balaban J connectivity index is 1.51. The van der Waals surface area contributed by atoms with Crippen molar-refractivity contribution in [2.45, 2.75) is 0 Å². The van der Waals surface area contributed by atoms with Crippen molar-refractivity contribution < 1.29 is 8.83 Å². The number of hydrogen-bond donors (Lipinski definition) is 0. The van der Waals surface area contributed by atoms with Crippen LogP contribution in [0.15, 0.2) is 118 Å². The van der Waals surface area contributed by atoms with Crippen LogP contribution in [0.25, 0.3) is 85.8 Å². The summed E-state index contributed by atoms with van der Waals surface area (Å²) >= 11 is 1.87. The molecule has 6 aromatic carbocycles. The quantitative estimate of drug-likeness (QED) is 0.214. The van der Waals surface area contributed by atoms with E-state index in [1.165, 1.54) is 42.1 Å². The molecule has 0 atom stereocenters. The minimum Gasteiger partial charge on any atom is -0.464 e.